The Morgan fingerprint density at radius 1 is 1.29 bits per heavy atom. The van der Waals surface area contributed by atoms with Gasteiger partial charge in [-0.3, -0.25) is 9.59 Å². The summed E-state index contributed by atoms with van der Waals surface area (Å²) >= 11 is 0. The minimum absolute atomic E-state index is 0.231. The summed E-state index contributed by atoms with van der Waals surface area (Å²) in [5.74, 6) is -0.757. The van der Waals surface area contributed by atoms with Crippen LogP contribution in [0.3, 0.4) is 0 Å². The van der Waals surface area contributed by atoms with E-state index in [1.807, 2.05) is 0 Å². The molecule has 0 aromatic heterocycles. The molecule has 1 aliphatic heterocycles. The third-order valence-corrected chi connectivity index (χ3v) is 2.90. The molecule has 1 aromatic carbocycles. The number of carbonyl (C=O) groups excluding carboxylic acids is 2. The predicted molar refractivity (Wildman–Crippen MR) is 71.4 cm³/mol. The van der Waals surface area contributed by atoms with Gasteiger partial charge in [-0.25, -0.2) is 0 Å². The van der Waals surface area contributed by atoms with Crippen molar-refractivity contribution in [2.24, 2.45) is 5.73 Å². The van der Waals surface area contributed by atoms with Gasteiger partial charge in [0, 0.05) is 12.5 Å². The maximum Gasteiger partial charge on any atom is 0.308 e. The number of rotatable bonds is 4. The van der Waals surface area contributed by atoms with E-state index in [9.17, 15) is 9.59 Å². The van der Waals surface area contributed by atoms with Gasteiger partial charge in [0.1, 0.15) is 11.5 Å². The van der Waals surface area contributed by atoms with Gasteiger partial charge in [-0.2, -0.15) is 0 Å². The lowest BCUT2D eigenvalue weighted by Crippen LogP contribution is -2.14. The first-order valence-electron chi connectivity index (χ1n) is 6.09. The highest BCUT2D eigenvalue weighted by molar-refractivity contribution is 6.01. The molecule has 112 valence electrons. The lowest BCUT2D eigenvalue weighted by molar-refractivity contribution is -0.140. The standard InChI is InChI=1S/C14H15NO6/c1-7(16)20-13-11(17)12(21-14(13)15)9-6-8(18-2)4-5-10(9)19-3/h4-6,12H,15H2,1-3H3. The van der Waals surface area contributed by atoms with Crippen molar-refractivity contribution < 1.29 is 28.5 Å². The number of hydrogen-bond acceptors (Lipinski definition) is 7. The van der Waals surface area contributed by atoms with E-state index in [-0.39, 0.29) is 11.6 Å². The summed E-state index contributed by atoms with van der Waals surface area (Å²) in [4.78, 5) is 23.3. The van der Waals surface area contributed by atoms with E-state index < -0.39 is 17.9 Å². The van der Waals surface area contributed by atoms with Gasteiger partial charge in [0.15, 0.2) is 6.10 Å². The molecule has 0 fully saturated rings. The van der Waals surface area contributed by atoms with Gasteiger partial charge in [-0.1, -0.05) is 0 Å². The van der Waals surface area contributed by atoms with Crippen LogP contribution in [-0.2, 0) is 19.1 Å². The minimum Gasteiger partial charge on any atom is -0.497 e. The van der Waals surface area contributed by atoms with Crippen LogP contribution in [0.25, 0.3) is 0 Å². The average molecular weight is 293 g/mol. The Kier molecular flexibility index (Phi) is 4.02. The van der Waals surface area contributed by atoms with Crippen LogP contribution in [0.1, 0.15) is 18.6 Å². The summed E-state index contributed by atoms with van der Waals surface area (Å²) < 4.78 is 20.4. The molecule has 1 atom stereocenters. The van der Waals surface area contributed by atoms with Crippen LogP contribution in [0, 0.1) is 0 Å². The fourth-order valence-electron chi connectivity index (χ4n) is 1.97. The molecule has 1 aromatic rings. The van der Waals surface area contributed by atoms with E-state index in [1.54, 1.807) is 18.2 Å². The monoisotopic (exact) mass is 293 g/mol. The predicted octanol–water partition coefficient (Wildman–Crippen LogP) is 1.04. The number of esters is 1. The third kappa shape index (κ3) is 2.76. The zero-order valence-corrected chi connectivity index (χ0v) is 11.8. The second kappa shape index (κ2) is 5.74. The molecule has 7 heteroatoms. The number of ketones is 1. The molecule has 7 nitrogen and oxygen atoms in total. The fraction of sp³-hybridized carbons (Fsp3) is 0.286. The minimum atomic E-state index is -1.04. The molecule has 0 saturated heterocycles. The first-order valence-corrected chi connectivity index (χ1v) is 6.09. The molecule has 0 amide bonds. The Labute approximate surface area is 121 Å². The molecule has 0 aliphatic carbocycles. The Balaban J connectivity index is 2.37. The molecule has 0 radical (unpaired) electrons. The van der Waals surface area contributed by atoms with Gasteiger partial charge in [0.25, 0.3) is 0 Å². The Hall–Kier alpha value is -2.70. The molecule has 1 unspecified atom stereocenters. The van der Waals surface area contributed by atoms with Crippen LogP contribution in [0.2, 0.25) is 0 Å². The smallest absolute Gasteiger partial charge is 0.308 e. The summed E-state index contributed by atoms with van der Waals surface area (Å²) in [6.07, 6.45) is -1.04. The zero-order valence-electron chi connectivity index (χ0n) is 11.8. The zero-order chi connectivity index (χ0) is 15.6. The molecule has 0 bridgehead atoms. The quantitative estimate of drug-likeness (QED) is 0.828. The first kappa shape index (κ1) is 14.7. The number of methoxy groups -OCH3 is 2. The SMILES string of the molecule is COc1ccc(OC)c(C2OC(N)=C(OC(C)=O)C2=O)c1. The van der Waals surface area contributed by atoms with Gasteiger partial charge in [0.05, 0.1) is 14.2 Å². The van der Waals surface area contributed by atoms with Gasteiger partial charge in [-0.05, 0) is 18.2 Å². The van der Waals surface area contributed by atoms with E-state index in [2.05, 4.69) is 0 Å². The molecule has 0 spiro atoms. The Morgan fingerprint density at radius 3 is 2.57 bits per heavy atom. The molecule has 2 N–H and O–H groups in total. The Bertz CT molecular complexity index is 622. The van der Waals surface area contributed by atoms with Crippen LogP contribution in [0.15, 0.2) is 29.8 Å². The normalized spacial score (nSPS) is 17.5. The van der Waals surface area contributed by atoms with Gasteiger partial charge < -0.3 is 24.7 Å². The number of nitrogens with two attached hydrogens (primary N) is 1. The molecule has 1 heterocycles. The third-order valence-electron chi connectivity index (χ3n) is 2.90. The maximum atomic E-state index is 12.3. The fourth-order valence-corrected chi connectivity index (χ4v) is 1.97. The van der Waals surface area contributed by atoms with E-state index in [4.69, 9.17) is 24.7 Å². The number of Topliss-reactive ketones (excluding diaryl/α,β-unsaturated/α-hetero) is 1. The summed E-state index contributed by atoms with van der Waals surface area (Å²) in [5.41, 5.74) is 6.03. The van der Waals surface area contributed by atoms with Crippen molar-refractivity contribution in [2.75, 3.05) is 14.2 Å². The van der Waals surface area contributed by atoms with Crippen LogP contribution < -0.4 is 15.2 Å². The number of carbonyl (C=O) groups is 2. The molecule has 1 aliphatic rings. The molecule has 2 rings (SSSR count). The van der Waals surface area contributed by atoms with Crippen molar-refractivity contribution in [1.29, 1.82) is 0 Å². The molecular formula is C14H15NO6. The van der Waals surface area contributed by atoms with E-state index >= 15 is 0 Å². The molecule has 21 heavy (non-hydrogen) atoms. The van der Waals surface area contributed by atoms with Crippen LogP contribution in [0.4, 0.5) is 0 Å². The van der Waals surface area contributed by atoms with E-state index in [0.29, 0.717) is 17.1 Å². The van der Waals surface area contributed by atoms with Crippen molar-refractivity contribution in [2.45, 2.75) is 13.0 Å². The van der Waals surface area contributed by atoms with Crippen LogP contribution in [-0.4, -0.2) is 26.0 Å². The van der Waals surface area contributed by atoms with Crippen molar-refractivity contribution in [1.82, 2.24) is 0 Å². The van der Waals surface area contributed by atoms with Crippen molar-refractivity contribution in [3.05, 3.63) is 35.4 Å². The van der Waals surface area contributed by atoms with Gasteiger partial charge in [0.2, 0.25) is 17.4 Å². The second-order valence-corrected chi connectivity index (χ2v) is 4.26. The lowest BCUT2D eigenvalue weighted by atomic mass is 10.0. The van der Waals surface area contributed by atoms with Gasteiger partial charge >= 0.3 is 5.97 Å². The second-order valence-electron chi connectivity index (χ2n) is 4.26. The highest BCUT2D eigenvalue weighted by atomic mass is 16.6. The van der Waals surface area contributed by atoms with Crippen molar-refractivity contribution in [3.8, 4) is 11.5 Å². The average Bonchev–Trinajstić information content (AvgIpc) is 2.74. The summed E-state index contributed by atoms with van der Waals surface area (Å²) in [6, 6.07) is 4.93. The topological polar surface area (TPSA) is 97.1 Å². The number of benzene rings is 1. The number of hydrogen-bond donors (Lipinski definition) is 1. The summed E-state index contributed by atoms with van der Waals surface area (Å²) in [6.45, 7) is 1.17. The lowest BCUT2D eigenvalue weighted by Gasteiger charge is -2.15. The number of ether oxygens (including phenoxy) is 4. The Morgan fingerprint density at radius 2 is 2.00 bits per heavy atom. The van der Waals surface area contributed by atoms with Gasteiger partial charge in [-0.15, -0.1) is 0 Å². The van der Waals surface area contributed by atoms with Crippen molar-refractivity contribution >= 4 is 11.8 Å². The van der Waals surface area contributed by atoms with Crippen molar-refractivity contribution in [3.63, 3.8) is 0 Å². The van der Waals surface area contributed by atoms with Crippen LogP contribution in [0.5, 0.6) is 11.5 Å². The summed E-state index contributed by atoms with van der Waals surface area (Å²) in [5, 5.41) is 0. The highest BCUT2D eigenvalue weighted by Gasteiger charge is 2.39. The summed E-state index contributed by atoms with van der Waals surface area (Å²) in [7, 11) is 2.97. The van der Waals surface area contributed by atoms with Crippen LogP contribution >= 0.6 is 0 Å². The largest absolute Gasteiger partial charge is 0.497 e. The molecule has 0 saturated carbocycles. The first-order chi connectivity index (χ1) is 9.97. The van der Waals surface area contributed by atoms with E-state index in [0.717, 1.165) is 0 Å². The van der Waals surface area contributed by atoms with E-state index in [1.165, 1.54) is 21.1 Å². The molecular weight excluding hydrogens is 278 g/mol. The highest BCUT2D eigenvalue weighted by Crippen LogP contribution is 2.38. The maximum absolute atomic E-state index is 12.3.